The van der Waals surface area contributed by atoms with E-state index < -0.39 is 0 Å². The van der Waals surface area contributed by atoms with E-state index in [1.807, 2.05) is 18.2 Å². The third kappa shape index (κ3) is 2.48. The number of hydrogen-bond donors (Lipinski definition) is 2. The van der Waals surface area contributed by atoms with Gasteiger partial charge in [-0.25, -0.2) is 0 Å². The number of aromatic nitrogens is 2. The van der Waals surface area contributed by atoms with Crippen molar-refractivity contribution < 1.29 is 9.32 Å². The van der Waals surface area contributed by atoms with E-state index in [9.17, 15) is 4.79 Å². The van der Waals surface area contributed by atoms with E-state index in [0.717, 1.165) is 30.0 Å². The van der Waals surface area contributed by atoms with Crippen LogP contribution in [0.5, 0.6) is 0 Å². The predicted molar refractivity (Wildman–Crippen MR) is 67.3 cm³/mol. The zero-order chi connectivity index (χ0) is 13.1. The average Bonchev–Trinajstić information content (AvgIpc) is 2.90. The van der Waals surface area contributed by atoms with Crippen molar-refractivity contribution in [2.75, 3.05) is 6.54 Å². The van der Waals surface area contributed by atoms with Crippen LogP contribution in [-0.2, 0) is 19.5 Å². The minimum atomic E-state index is -0.223. The van der Waals surface area contributed by atoms with E-state index in [2.05, 4.69) is 20.8 Å². The van der Waals surface area contributed by atoms with Crippen LogP contribution in [0.2, 0.25) is 0 Å². The van der Waals surface area contributed by atoms with Crippen molar-refractivity contribution in [2.24, 2.45) is 0 Å². The maximum Gasteiger partial charge on any atom is 0.274 e. The fourth-order valence-electron chi connectivity index (χ4n) is 2.07. The van der Waals surface area contributed by atoms with Gasteiger partial charge in [-0.15, -0.1) is 0 Å². The topological polar surface area (TPSA) is 80.1 Å². The summed E-state index contributed by atoms with van der Waals surface area (Å²) in [5, 5.41) is 9.87. The van der Waals surface area contributed by atoms with E-state index in [0.29, 0.717) is 18.8 Å². The summed E-state index contributed by atoms with van der Waals surface area (Å²) in [6.45, 7) is 1.87. The van der Waals surface area contributed by atoms with Crippen molar-refractivity contribution in [2.45, 2.75) is 19.5 Å². The molecule has 0 aliphatic carbocycles. The van der Waals surface area contributed by atoms with Gasteiger partial charge in [0.2, 0.25) is 0 Å². The minimum Gasteiger partial charge on any atom is -0.360 e. The Bertz CT molecular complexity index is 580. The summed E-state index contributed by atoms with van der Waals surface area (Å²) in [6, 6.07) is 5.58. The quantitative estimate of drug-likeness (QED) is 0.844. The molecule has 1 amide bonds. The SMILES string of the molecule is O=C(NCc1ccccn1)c1noc2c1CNCC2. The number of rotatable bonds is 3. The molecule has 0 atom stereocenters. The van der Waals surface area contributed by atoms with Gasteiger partial charge in [0, 0.05) is 31.3 Å². The second-order valence-corrected chi connectivity index (χ2v) is 4.36. The Morgan fingerprint density at radius 1 is 1.47 bits per heavy atom. The molecule has 98 valence electrons. The Morgan fingerprint density at radius 3 is 3.26 bits per heavy atom. The Balaban J connectivity index is 1.69. The number of amides is 1. The normalized spacial score (nSPS) is 13.9. The van der Waals surface area contributed by atoms with Crippen LogP contribution in [0.3, 0.4) is 0 Å². The third-order valence-corrected chi connectivity index (χ3v) is 3.07. The number of fused-ring (bicyclic) bond motifs is 1. The van der Waals surface area contributed by atoms with Crippen molar-refractivity contribution in [3.63, 3.8) is 0 Å². The van der Waals surface area contributed by atoms with Gasteiger partial charge < -0.3 is 15.2 Å². The first-order chi connectivity index (χ1) is 9.34. The highest BCUT2D eigenvalue weighted by Crippen LogP contribution is 2.17. The average molecular weight is 258 g/mol. The lowest BCUT2D eigenvalue weighted by atomic mass is 10.1. The van der Waals surface area contributed by atoms with Gasteiger partial charge in [0.05, 0.1) is 12.2 Å². The Morgan fingerprint density at radius 2 is 2.42 bits per heavy atom. The first-order valence-corrected chi connectivity index (χ1v) is 6.21. The molecule has 0 saturated carbocycles. The van der Waals surface area contributed by atoms with Gasteiger partial charge in [-0.05, 0) is 12.1 Å². The lowest BCUT2D eigenvalue weighted by molar-refractivity contribution is 0.0940. The molecule has 1 aliphatic rings. The molecule has 0 fully saturated rings. The molecule has 2 N–H and O–H groups in total. The first kappa shape index (κ1) is 11.9. The lowest BCUT2D eigenvalue weighted by Gasteiger charge is -2.11. The monoisotopic (exact) mass is 258 g/mol. The van der Waals surface area contributed by atoms with E-state index in [1.54, 1.807) is 6.20 Å². The largest absolute Gasteiger partial charge is 0.360 e. The van der Waals surface area contributed by atoms with Crippen molar-refractivity contribution in [3.8, 4) is 0 Å². The highest BCUT2D eigenvalue weighted by atomic mass is 16.5. The number of nitrogens with one attached hydrogen (secondary N) is 2. The summed E-state index contributed by atoms with van der Waals surface area (Å²) >= 11 is 0. The van der Waals surface area contributed by atoms with Gasteiger partial charge in [-0.2, -0.15) is 0 Å². The molecule has 0 radical (unpaired) electrons. The molecule has 0 unspecified atom stereocenters. The van der Waals surface area contributed by atoms with Crippen LogP contribution in [0.15, 0.2) is 28.9 Å². The van der Waals surface area contributed by atoms with Crippen LogP contribution >= 0.6 is 0 Å². The summed E-state index contributed by atoms with van der Waals surface area (Å²) in [7, 11) is 0. The zero-order valence-corrected chi connectivity index (χ0v) is 10.3. The van der Waals surface area contributed by atoms with Crippen molar-refractivity contribution in [1.82, 2.24) is 20.8 Å². The summed E-state index contributed by atoms with van der Waals surface area (Å²) in [5.74, 6) is 0.584. The number of nitrogens with zero attached hydrogens (tertiary/aromatic N) is 2. The molecule has 2 aromatic heterocycles. The molecule has 6 nitrogen and oxygen atoms in total. The van der Waals surface area contributed by atoms with Crippen LogP contribution in [0.4, 0.5) is 0 Å². The molecular weight excluding hydrogens is 244 g/mol. The summed E-state index contributed by atoms with van der Waals surface area (Å²) in [4.78, 5) is 16.2. The minimum absolute atomic E-state index is 0.223. The summed E-state index contributed by atoms with van der Waals surface area (Å²) in [6.07, 6.45) is 2.47. The second kappa shape index (κ2) is 5.19. The van der Waals surface area contributed by atoms with E-state index in [-0.39, 0.29) is 5.91 Å². The van der Waals surface area contributed by atoms with Gasteiger partial charge in [-0.1, -0.05) is 11.2 Å². The molecule has 1 aliphatic heterocycles. The zero-order valence-electron chi connectivity index (χ0n) is 10.3. The molecule has 0 saturated heterocycles. The van der Waals surface area contributed by atoms with Gasteiger partial charge in [0.1, 0.15) is 5.76 Å². The fraction of sp³-hybridized carbons (Fsp3) is 0.308. The van der Waals surface area contributed by atoms with Gasteiger partial charge in [-0.3, -0.25) is 9.78 Å². The highest BCUT2D eigenvalue weighted by molar-refractivity contribution is 5.93. The molecule has 3 rings (SSSR count). The van der Waals surface area contributed by atoms with Crippen molar-refractivity contribution in [3.05, 3.63) is 47.1 Å². The smallest absolute Gasteiger partial charge is 0.274 e. The summed E-state index contributed by atoms with van der Waals surface area (Å²) in [5.41, 5.74) is 2.05. The van der Waals surface area contributed by atoms with Gasteiger partial charge in [0.15, 0.2) is 5.69 Å². The van der Waals surface area contributed by atoms with E-state index in [4.69, 9.17) is 4.52 Å². The van der Waals surface area contributed by atoms with Crippen LogP contribution in [0.1, 0.15) is 27.5 Å². The van der Waals surface area contributed by atoms with Crippen molar-refractivity contribution >= 4 is 5.91 Å². The predicted octanol–water partition coefficient (Wildman–Crippen LogP) is 0.645. The fourth-order valence-corrected chi connectivity index (χ4v) is 2.07. The van der Waals surface area contributed by atoms with Crippen LogP contribution in [0, 0.1) is 0 Å². The molecule has 0 aromatic carbocycles. The van der Waals surface area contributed by atoms with E-state index in [1.165, 1.54) is 0 Å². The maximum absolute atomic E-state index is 12.1. The van der Waals surface area contributed by atoms with Gasteiger partial charge in [0.25, 0.3) is 5.91 Å². The number of hydrogen-bond acceptors (Lipinski definition) is 5. The molecule has 2 aromatic rings. The Kier molecular flexibility index (Phi) is 3.24. The molecule has 6 heteroatoms. The third-order valence-electron chi connectivity index (χ3n) is 3.07. The van der Waals surface area contributed by atoms with Crippen LogP contribution in [-0.4, -0.2) is 22.6 Å². The summed E-state index contributed by atoms with van der Waals surface area (Å²) < 4.78 is 5.19. The lowest BCUT2D eigenvalue weighted by Crippen LogP contribution is -2.28. The molecule has 19 heavy (non-hydrogen) atoms. The number of carbonyl (C=O) groups is 1. The molecular formula is C13H14N4O2. The molecule has 0 bridgehead atoms. The van der Waals surface area contributed by atoms with E-state index >= 15 is 0 Å². The van der Waals surface area contributed by atoms with Gasteiger partial charge >= 0.3 is 0 Å². The van der Waals surface area contributed by atoms with Crippen LogP contribution in [0.25, 0.3) is 0 Å². The highest BCUT2D eigenvalue weighted by Gasteiger charge is 2.23. The Labute approximate surface area is 110 Å². The molecule has 3 heterocycles. The number of pyridine rings is 1. The Hall–Kier alpha value is -2.21. The molecule has 0 spiro atoms. The van der Waals surface area contributed by atoms with Crippen LogP contribution < -0.4 is 10.6 Å². The number of carbonyl (C=O) groups excluding carboxylic acids is 1. The standard InChI is InChI=1S/C13H14N4O2/c18-13(16-7-9-3-1-2-5-15-9)12-10-8-14-6-4-11(10)19-17-12/h1-3,5,14H,4,6-8H2,(H,16,18). The second-order valence-electron chi connectivity index (χ2n) is 4.36. The van der Waals surface area contributed by atoms with Crippen molar-refractivity contribution in [1.29, 1.82) is 0 Å². The first-order valence-electron chi connectivity index (χ1n) is 6.21. The maximum atomic E-state index is 12.1.